The van der Waals surface area contributed by atoms with E-state index in [9.17, 15) is 22.4 Å². The zero-order chi connectivity index (χ0) is 22.3. The van der Waals surface area contributed by atoms with Gasteiger partial charge in [0, 0.05) is 11.5 Å². The number of rotatable bonds is 5. The van der Waals surface area contributed by atoms with Crippen LogP contribution in [0.4, 0.5) is 22.0 Å². The van der Waals surface area contributed by atoms with Gasteiger partial charge in [-0.3, -0.25) is 9.52 Å². The van der Waals surface area contributed by atoms with Gasteiger partial charge in [-0.1, -0.05) is 43.1 Å². The van der Waals surface area contributed by atoms with E-state index < -0.39 is 54.2 Å². The fourth-order valence-electron chi connectivity index (χ4n) is 4.38. The number of carbonyl (C=O) groups excluding carboxylic acids is 1. The number of amides is 1. The Morgan fingerprint density at radius 1 is 1.16 bits per heavy atom. The summed E-state index contributed by atoms with van der Waals surface area (Å²) in [5.74, 6) is -5.67. The maximum absolute atomic E-state index is 15.3. The monoisotopic (exact) mass is 456 g/mol. The average Bonchev–Trinajstić information content (AvgIpc) is 2.96. The quantitative estimate of drug-likeness (QED) is 0.510. The molecule has 0 bridgehead atoms. The van der Waals surface area contributed by atoms with E-state index in [1.54, 1.807) is 12.1 Å². The zero-order valence-electron chi connectivity index (χ0n) is 16.4. The van der Waals surface area contributed by atoms with E-state index in [1.165, 1.54) is 30.3 Å². The first kappa shape index (κ1) is 22.1. The number of carbonyl (C=O) groups is 1. The van der Waals surface area contributed by atoms with E-state index in [-0.39, 0.29) is 30.4 Å². The SMILES string of the molecule is O=C(C1CC(F)C1)N1CC(F)(F)C(NS)C1Cc1cccc(-c2cccc(F)c2)c1F. The lowest BCUT2D eigenvalue weighted by atomic mass is 9.82. The van der Waals surface area contributed by atoms with Crippen LogP contribution in [0.2, 0.25) is 0 Å². The summed E-state index contributed by atoms with van der Waals surface area (Å²) in [6.07, 6.45) is -1.28. The van der Waals surface area contributed by atoms with Gasteiger partial charge in [0.25, 0.3) is 5.92 Å². The lowest BCUT2D eigenvalue weighted by Crippen LogP contribution is -2.50. The zero-order valence-corrected chi connectivity index (χ0v) is 17.3. The molecule has 2 aromatic rings. The Bertz CT molecular complexity index is 982. The number of alkyl halides is 3. The number of hydrogen-bond donors (Lipinski definition) is 2. The average molecular weight is 456 g/mol. The van der Waals surface area contributed by atoms with Crippen molar-refractivity contribution in [1.82, 2.24) is 9.62 Å². The topological polar surface area (TPSA) is 32.3 Å². The lowest BCUT2D eigenvalue weighted by molar-refractivity contribution is -0.142. The summed E-state index contributed by atoms with van der Waals surface area (Å²) >= 11 is 3.82. The van der Waals surface area contributed by atoms with Gasteiger partial charge >= 0.3 is 0 Å². The molecule has 166 valence electrons. The predicted molar refractivity (Wildman–Crippen MR) is 109 cm³/mol. The number of thiol groups is 1. The third-order valence-corrected chi connectivity index (χ3v) is 6.39. The van der Waals surface area contributed by atoms with Crippen molar-refractivity contribution in [3.8, 4) is 11.1 Å². The van der Waals surface area contributed by atoms with Crippen LogP contribution in [-0.2, 0) is 11.2 Å². The van der Waals surface area contributed by atoms with E-state index in [2.05, 4.69) is 17.5 Å². The summed E-state index contributed by atoms with van der Waals surface area (Å²) < 4.78 is 73.6. The molecule has 2 unspecified atom stereocenters. The van der Waals surface area contributed by atoms with Gasteiger partial charge in [-0.25, -0.2) is 22.0 Å². The minimum absolute atomic E-state index is 0.00993. The second-order valence-corrected chi connectivity index (χ2v) is 8.42. The maximum atomic E-state index is 15.3. The van der Waals surface area contributed by atoms with Crippen LogP contribution in [0.3, 0.4) is 0 Å². The van der Waals surface area contributed by atoms with Crippen molar-refractivity contribution in [2.24, 2.45) is 5.92 Å². The molecule has 2 atom stereocenters. The Morgan fingerprint density at radius 2 is 1.87 bits per heavy atom. The third kappa shape index (κ3) is 4.17. The smallest absolute Gasteiger partial charge is 0.283 e. The molecule has 2 fully saturated rings. The summed E-state index contributed by atoms with van der Waals surface area (Å²) in [4.78, 5) is 13.8. The van der Waals surface area contributed by atoms with Gasteiger partial charge in [-0.05, 0) is 42.5 Å². The molecule has 4 rings (SSSR count). The Kier molecular flexibility index (Phi) is 6.00. The van der Waals surface area contributed by atoms with Crippen LogP contribution in [0.5, 0.6) is 0 Å². The first-order chi connectivity index (χ1) is 14.7. The first-order valence-electron chi connectivity index (χ1n) is 9.96. The van der Waals surface area contributed by atoms with Crippen LogP contribution < -0.4 is 4.72 Å². The molecule has 0 aromatic heterocycles. The molecule has 31 heavy (non-hydrogen) atoms. The Morgan fingerprint density at radius 3 is 2.52 bits per heavy atom. The van der Waals surface area contributed by atoms with E-state index in [4.69, 9.17) is 0 Å². The number of benzene rings is 2. The second kappa shape index (κ2) is 8.43. The number of halogens is 5. The van der Waals surface area contributed by atoms with Crippen LogP contribution >= 0.6 is 12.8 Å². The molecule has 9 heteroatoms. The van der Waals surface area contributed by atoms with Gasteiger partial charge in [-0.15, -0.1) is 0 Å². The fourth-order valence-corrected chi connectivity index (χ4v) is 4.74. The maximum Gasteiger partial charge on any atom is 0.283 e. The van der Waals surface area contributed by atoms with E-state index in [0.717, 1.165) is 4.90 Å². The van der Waals surface area contributed by atoms with Gasteiger partial charge in [0.05, 0.1) is 12.6 Å². The van der Waals surface area contributed by atoms with Crippen molar-refractivity contribution >= 4 is 18.7 Å². The summed E-state index contributed by atoms with van der Waals surface area (Å²) in [5.41, 5.74) is 0.568. The molecule has 1 saturated carbocycles. The highest BCUT2D eigenvalue weighted by Crippen LogP contribution is 2.40. The van der Waals surface area contributed by atoms with Crippen molar-refractivity contribution in [1.29, 1.82) is 0 Å². The van der Waals surface area contributed by atoms with Crippen molar-refractivity contribution in [3.63, 3.8) is 0 Å². The van der Waals surface area contributed by atoms with Crippen molar-refractivity contribution in [2.75, 3.05) is 6.54 Å². The third-order valence-electron chi connectivity index (χ3n) is 6.12. The number of hydrogen-bond acceptors (Lipinski definition) is 3. The molecule has 1 aliphatic carbocycles. The molecule has 2 aromatic carbocycles. The second-order valence-electron chi connectivity index (χ2n) is 8.16. The van der Waals surface area contributed by atoms with Gasteiger partial charge in [0.15, 0.2) is 0 Å². The van der Waals surface area contributed by atoms with E-state index in [0.29, 0.717) is 5.56 Å². The highest BCUT2D eigenvalue weighted by atomic mass is 32.1. The fraction of sp³-hybridized carbons (Fsp3) is 0.409. The minimum atomic E-state index is -3.28. The molecule has 1 amide bonds. The molecule has 1 heterocycles. The van der Waals surface area contributed by atoms with Crippen LogP contribution in [0.25, 0.3) is 11.1 Å². The Hall–Kier alpha value is -2.13. The summed E-state index contributed by atoms with van der Waals surface area (Å²) in [6.45, 7) is -0.840. The van der Waals surface area contributed by atoms with E-state index in [1.807, 2.05) is 0 Å². The Labute approximate surface area is 182 Å². The van der Waals surface area contributed by atoms with Crippen molar-refractivity contribution in [2.45, 2.75) is 43.4 Å². The van der Waals surface area contributed by atoms with Gasteiger partial charge in [0.2, 0.25) is 5.91 Å². The first-order valence-corrected chi connectivity index (χ1v) is 10.4. The van der Waals surface area contributed by atoms with Gasteiger partial charge in [-0.2, -0.15) is 0 Å². The molecule has 1 saturated heterocycles. The van der Waals surface area contributed by atoms with Crippen LogP contribution in [0.15, 0.2) is 42.5 Å². The van der Waals surface area contributed by atoms with Crippen molar-refractivity contribution < 1.29 is 26.7 Å². The molecular weight excluding hydrogens is 435 g/mol. The van der Waals surface area contributed by atoms with E-state index >= 15 is 4.39 Å². The highest BCUT2D eigenvalue weighted by molar-refractivity contribution is 7.78. The molecular formula is C22H21F5N2OS. The minimum Gasteiger partial charge on any atom is -0.331 e. The standard InChI is InChI=1S/C22H21F5N2OS/c23-15-5-1-3-12(7-15)17-6-2-4-13(19(17)25)10-18-20(28-31)22(26,27)11-29(18)21(30)14-8-16(24)9-14/h1-7,14,16,18,20,28,31H,8-11H2. The molecule has 2 aliphatic rings. The molecule has 1 N–H and O–H groups in total. The van der Waals surface area contributed by atoms with Crippen LogP contribution in [-0.4, -0.2) is 41.5 Å². The number of nitrogens with zero attached hydrogens (tertiary/aromatic N) is 1. The molecule has 0 spiro atoms. The lowest BCUT2D eigenvalue weighted by Gasteiger charge is -2.35. The van der Waals surface area contributed by atoms with Gasteiger partial charge < -0.3 is 4.90 Å². The molecule has 3 nitrogen and oxygen atoms in total. The summed E-state index contributed by atoms with van der Waals surface area (Å²) in [6, 6.07) is 7.33. The largest absolute Gasteiger partial charge is 0.331 e. The van der Waals surface area contributed by atoms with Crippen LogP contribution in [0.1, 0.15) is 18.4 Å². The predicted octanol–water partition coefficient (Wildman–Crippen LogP) is 4.57. The summed E-state index contributed by atoms with van der Waals surface area (Å²) in [5, 5.41) is 0. The molecule has 0 radical (unpaired) electrons. The number of likely N-dealkylation sites (tertiary alicyclic amines) is 1. The number of nitrogens with one attached hydrogen (secondary N) is 1. The Balaban J connectivity index is 1.65. The van der Waals surface area contributed by atoms with Crippen LogP contribution in [0, 0.1) is 17.6 Å². The highest BCUT2D eigenvalue weighted by Gasteiger charge is 2.57. The van der Waals surface area contributed by atoms with Gasteiger partial charge in [0.1, 0.15) is 23.8 Å². The molecule has 1 aliphatic heterocycles. The van der Waals surface area contributed by atoms with Crippen molar-refractivity contribution in [3.05, 3.63) is 59.7 Å². The summed E-state index contributed by atoms with van der Waals surface area (Å²) in [7, 11) is 0. The normalized spacial score (nSPS) is 27.2.